The van der Waals surface area contributed by atoms with Gasteiger partial charge in [-0.2, -0.15) is 0 Å². The number of carbonyl (C=O) groups is 1. The molecule has 0 aliphatic carbocycles. The van der Waals surface area contributed by atoms with E-state index in [1.54, 1.807) is 0 Å². The number of urea groups is 1. The molecule has 118 valence electrons. The van der Waals surface area contributed by atoms with Gasteiger partial charge in [0.05, 0.1) is 0 Å². The van der Waals surface area contributed by atoms with Gasteiger partial charge < -0.3 is 20.2 Å². The van der Waals surface area contributed by atoms with Gasteiger partial charge in [0.25, 0.3) is 0 Å². The minimum atomic E-state index is -0.0497. The minimum absolute atomic E-state index is 0.0497. The van der Waals surface area contributed by atoms with E-state index in [9.17, 15) is 9.90 Å². The fourth-order valence-corrected chi connectivity index (χ4v) is 2.51. The van der Waals surface area contributed by atoms with Gasteiger partial charge >= 0.3 is 6.03 Å². The zero-order chi connectivity index (χ0) is 15.2. The fourth-order valence-electron chi connectivity index (χ4n) is 2.51. The van der Waals surface area contributed by atoms with Crippen molar-refractivity contribution in [3.8, 4) is 0 Å². The highest BCUT2D eigenvalue weighted by atomic mass is 16.3. The standard InChI is InChI=1S/C15H31N3O2/c1-15(2,12-19)8-6-9-16-14(20)18-10-5-7-13(11-18)17(3)4/h13,19H,5-12H2,1-4H3,(H,16,20). The summed E-state index contributed by atoms with van der Waals surface area (Å²) in [7, 11) is 4.14. The number of carbonyl (C=O) groups excluding carboxylic acids is 1. The van der Waals surface area contributed by atoms with Crippen molar-refractivity contribution in [1.82, 2.24) is 15.1 Å². The molecule has 0 aromatic carbocycles. The Morgan fingerprint density at radius 1 is 1.45 bits per heavy atom. The Labute approximate surface area is 123 Å². The second-order valence-corrected chi connectivity index (χ2v) is 6.86. The van der Waals surface area contributed by atoms with Crippen LogP contribution in [0.15, 0.2) is 0 Å². The highest BCUT2D eigenvalue weighted by Gasteiger charge is 2.24. The van der Waals surface area contributed by atoms with E-state index < -0.39 is 0 Å². The highest BCUT2D eigenvalue weighted by molar-refractivity contribution is 5.74. The molecular weight excluding hydrogens is 254 g/mol. The van der Waals surface area contributed by atoms with Gasteiger partial charge in [0, 0.05) is 32.3 Å². The van der Waals surface area contributed by atoms with Crippen LogP contribution in [0.4, 0.5) is 4.79 Å². The van der Waals surface area contributed by atoms with Gasteiger partial charge in [0.15, 0.2) is 0 Å². The lowest BCUT2D eigenvalue weighted by Gasteiger charge is -2.36. The lowest BCUT2D eigenvalue weighted by atomic mass is 9.89. The van der Waals surface area contributed by atoms with E-state index in [4.69, 9.17) is 0 Å². The number of hydrogen-bond acceptors (Lipinski definition) is 3. The summed E-state index contributed by atoms with van der Waals surface area (Å²) in [5.41, 5.74) is -0.0497. The maximum Gasteiger partial charge on any atom is 0.317 e. The summed E-state index contributed by atoms with van der Waals surface area (Å²) in [6.45, 7) is 6.64. The molecule has 1 saturated heterocycles. The largest absolute Gasteiger partial charge is 0.396 e. The zero-order valence-electron chi connectivity index (χ0n) is 13.5. The Balaban J connectivity index is 2.25. The molecule has 0 saturated carbocycles. The van der Waals surface area contributed by atoms with Gasteiger partial charge in [-0.1, -0.05) is 13.8 Å². The smallest absolute Gasteiger partial charge is 0.317 e. The molecule has 1 fully saturated rings. The lowest BCUT2D eigenvalue weighted by Crippen LogP contribution is -2.50. The molecule has 0 spiro atoms. The van der Waals surface area contributed by atoms with Crippen LogP contribution in [-0.2, 0) is 0 Å². The van der Waals surface area contributed by atoms with Gasteiger partial charge in [-0.15, -0.1) is 0 Å². The molecule has 0 bridgehead atoms. The molecule has 0 aromatic rings. The summed E-state index contributed by atoms with van der Waals surface area (Å²) < 4.78 is 0. The Bertz CT molecular complexity index is 305. The summed E-state index contributed by atoms with van der Waals surface area (Å²) in [5.74, 6) is 0. The van der Waals surface area contributed by atoms with Crippen LogP contribution in [-0.4, -0.2) is 67.3 Å². The first-order chi connectivity index (χ1) is 9.35. The van der Waals surface area contributed by atoms with Crippen LogP contribution in [0.5, 0.6) is 0 Å². The zero-order valence-corrected chi connectivity index (χ0v) is 13.5. The van der Waals surface area contributed by atoms with E-state index in [0.29, 0.717) is 12.6 Å². The third-order valence-electron chi connectivity index (χ3n) is 4.15. The van der Waals surface area contributed by atoms with Gasteiger partial charge in [0.2, 0.25) is 0 Å². The normalized spacial score (nSPS) is 20.3. The summed E-state index contributed by atoms with van der Waals surface area (Å²) in [5, 5.41) is 12.2. The highest BCUT2D eigenvalue weighted by Crippen LogP contribution is 2.20. The molecule has 5 nitrogen and oxygen atoms in total. The number of amides is 2. The molecule has 1 aliphatic heterocycles. The third-order valence-corrected chi connectivity index (χ3v) is 4.15. The average Bonchev–Trinajstić information content (AvgIpc) is 2.43. The van der Waals surface area contributed by atoms with Crippen LogP contribution in [0.2, 0.25) is 0 Å². The van der Waals surface area contributed by atoms with Crippen molar-refractivity contribution in [2.75, 3.05) is 40.3 Å². The van der Waals surface area contributed by atoms with Crippen molar-refractivity contribution in [3.63, 3.8) is 0 Å². The molecule has 1 rings (SSSR count). The van der Waals surface area contributed by atoms with E-state index in [0.717, 1.165) is 32.4 Å². The van der Waals surface area contributed by atoms with Crippen LogP contribution in [0.25, 0.3) is 0 Å². The first kappa shape index (κ1) is 17.2. The number of nitrogens with one attached hydrogen (secondary N) is 1. The Morgan fingerprint density at radius 3 is 2.75 bits per heavy atom. The van der Waals surface area contributed by atoms with E-state index >= 15 is 0 Å². The lowest BCUT2D eigenvalue weighted by molar-refractivity contribution is 0.137. The summed E-state index contributed by atoms with van der Waals surface area (Å²) in [6.07, 6.45) is 4.07. The van der Waals surface area contributed by atoms with Crippen LogP contribution >= 0.6 is 0 Å². The Hall–Kier alpha value is -0.810. The second kappa shape index (κ2) is 7.84. The van der Waals surface area contributed by atoms with Gasteiger partial charge in [-0.3, -0.25) is 0 Å². The van der Waals surface area contributed by atoms with Gasteiger partial charge in [-0.25, -0.2) is 4.79 Å². The van der Waals surface area contributed by atoms with Crippen molar-refractivity contribution < 1.29 is 9.90 Å². The number of rotatable bonds is 6. The number of aliphatic hydroxyl groups is 1. The fraction of sp³-hybridized carbons (Fsp3) is 0.933. The van der Waals surface area contributed by atoms with E-state index in [-0.39, 0.29) is 18.1 Å². The molecule has 2 amide bonds. The van der Waals surface area contributed by atoms with Crippen molar-refractivity contribution >= 4 is 6.03 Å². The number of likely N-dealkylation sites (tertiary alicyclic amines) is 1. The van der Waals surface area contributed by atoms with Crippen molar-refractivity contribution in [1.29, 1.82) is 0 Å². The van der Waals surface area contributed by atoms with Crippen molar-refractivity contribution in [2.45, 2.75) is 45.6 Å². The van der Waals surface area contributed by atoms with Crippen LogP contribution in [0, 0.1) is 5.41 Å². The van der Waals surface area contributed by atoms with Gasteiger partial charge in [-0.05, 0) is 45.2 Å². The summed E-state index contributed by atoms with van der Waals surface area (Å²) in [4.78, 5) is 16.2. The van der Waals surface area contributed by atoms with Crippen molar-refractivity contribution in [2.24, 2.45) is 5.41 Å². The molecule has 0 radical (unpaired) electrons. The summed E-state index contributed by atoms with van der Waals surface area (Å²) >= 11 is 0. The average molecular weight is 285 g/mol. The molecule has 1 aliphatic rings. The predicted molar refractivity (Wildman–Crippen MR) is 81.8 cm³/mol. The number of aliphatic hydroxyl groups excluding tert-OH is 1. The monoisotopic (exact) mass is 285 g/mol. The summed E-state index contributed by atoms with van der Waals surface area (Å²) in [6, 6.07) is 0.529. The molecule has 20 heavy (non-hydrogen) atoms. The first-order valence-corrected chi connectivity index (χ1v) is 7.66. The topological polar surface area (TPSA) is 55.8 Å². The van der Waals surface area contributed by atoms with E-state index in [1.165, 1.54) is 6.42 Å². The van der Waals surface area contributed by atoms with Crippen LogP contribution in [0.1, 0.15) is 39.5 Å². The Morgan fingerprint density at radius 2 is 2.15 bits per heavy atom. The quantitative estimate of drug-likeness (QED) is 0.728. The number of nitrogens with zero attached hydrogens (tertiary/aromatic N) is 2. The number of likely N-dealkylation sites (N-methyl/N-ethyl adjacent to an activating group) is 1. The second-order valence-electron chi connectivity index (χ2n) is 6.86. The third kappa shape index (κ3) is 5.67. The van der Waals surface area contributed by atoms with E-state index in [1.807, 2.05) is 18.7 Å². The SMILES string of the molecule is CN(C)C1CCCN(C(=O)NCCCC(C)(C)CO)C1. The molecule has 1 atom stereocenters. The first-order valence-electron chi connectivity index (χ1n) is 7.66. The van der Waals surface area contributed by atoms with Crippen LogP contribution < -0.4 is 5.32 Å². The van der Waals surface area contributed by atoms with Crippen molar-refractivity contribution in [3.05, 3.63) is 0 Å². The van der Waals surface area contributed by atoms with E-state index in [2.05, 4.69) is 24.3 Å². The number of piperidine rings is 1. The molecule has 1 unspecified atom stereocenters. The maximum absolute atomic E-state index is 12.1. The molecule has 0 aromatic heterocycles. The number of hydrogen-bond donors (Lipinski definition) is 2. The minimum Gasteiger partial charge on any atom is -0.396 e. The Kier molecular flexibility index (Phi) is 6.76. The van der Waals surface area contributed by atoms with Crippen LogP contribution in [0.3, 0.4) is 0 Å². The molecule has 1 heterocycles. The molecule has 5 heteroatoms. The van der Waals surface area contributed by atoms with Gasteiger partial charge in [0.1, 0.15) is 0 Å². The molecular formula is C15H31N3O2. The predicted octanol–water partition coefficient (Wildman–Crippen LogP) is 1.52. The molecule has 2 N–H and O–H groups in total. The maximum atomic E-state index is 12.1.